The molecule has 90 valence electrons. The molecule has 1 rings (SSSR count). The predicted molar refractivity (Wildman–Crippen MR) is 71.8 cm³/mol. The highest BCUT2D eigenvalue weighted by Gasteiger charge is 2.29. The van der Waals surface area contributed by atoms with Crippen LogP contribution in [0.3, 0.4) is 0 Å². The highest BCUT2D eigenvalue weighted by Crippen LogP contribution is 2.30. The summed E-state index contributed by atoms with van der Waals surface area (Å²) in [7, 11) is -1.36. The maximum Gasteiger partial charge on any atom is 0.223 e. The number of rotatable bonds is 2. The number of carbonyl (C=O) groups excluding carboxylic acids is 1. The summed E-state index contributed by atoms with van der Waals surface area (Å²) in [6.45, 7) is 12.9. The van der Waals surface area contributed by atoms with Gasteiger partial charge in [-0.15, -0.1) is 0 Å². The SMILES string of the molecule is CC[Si](C)(C)C1=CN(C(C)=O)C(C)C=C1C. The van der Waals surface area contributed by atoms with Gasteiger partial charge < -0.3 is 4.90 Å². The fourth-order valence-electron chi connectivity index (χ4n) is 2.17. The van der Waals surface area contributed by atoms with Crippen molar-refractivity contribution in [3.8, 4) is 0 Å². The Morgan fingerprint density at radius 1 is 1.50 bits per heavy atom. The normalized spacial score (nSPS) is 21.6. The van der Waals surface area contributed by atoms with Crippen molar-refractivity contribution < 1.29 is 4.79 Å². The Hall–Kier alpha value is -0.833. The molecule has 0 aromatic rings. The lowest BCUT2D eigenvalue weighted by Gasteiger charge is -2.34. The van der Waals surface area contributed by atoms with Crippen molar-refractivity contribution in [2.75, 3.05) is 0 Å². The molecule has 1 amide bonds. The highest BCUT2D eigenvalue weighted by molar-refractivity contribution is 6.85. The Morgan fingerprint density at radius 2 is 2.06 bits per heavy atom. The summed E-state index contributed by atoms with van der Waals surface area (Å²) >= 11 is 0. The summed E-state index contributed by atoms with van der Waals surface area (Å²) in [6, 6.07) is 1.41. The van der Waals surface area contributed by atoms with E-state index >= 15 is 0 Å². The van der Waals surface area contributed by atoms with Crippen molar-refractivity contribution in [2.45, 2.75) is 52.9 Å². The van der Waals surface area contributed by atoms with E-state index in [0.717, 1.165) is 0 Å². The van der Waals surface area contributed by atoms with Crippen LogP contribution < -0.4 is 0 Å². The lowest BCUT2D eigenvalue weighted by Crippen LogP contribution is -2.39. The molecule has 0 saturated carbocycles. The molecule has 16 heavy (non-hydrogen) atoms. The predicted octanol–water partition coefficient (Wildman–Crippen LogP) is 3.33. The minimum absolute atomic E-state index is 0.134. The molecule has 1 heterocycles. The van der Waals surface area contributed by atoms with Crippen LogP contribution in [0, 0.1) is 0 Å². The van der Waals surface area contributed by atoms with Crippen LogP contribution in [-0.4, -0.2) is 24.9 Å². The average molecular weight is 237 g/mol. The van der Waals surface area contributed by atoms with Crippen molar-refractivity contribution in [3.63, 3.8) is 0 Å². The van der Waals surface area contributed by atoms with Gasteiger partial charge in [0.25, 0.3) is 0 Å². The number of carbonyl (C=O) groups is 1. The van der Waals surface area contributed by atoms with Crippen molar-refractivity contribution in [2.24, 2.45) is 0 Å². The molecule has 0 aromatic carbocycles. The molecule has 2 nitrogen and oxygen atoms in total. The lowest BCUT2D eigenvalue weighted by atomic mass is 10.1. The van der Waals surface area contributed by atoms with Crippen LogP contribution in [0.1, 0.15) is 27.7 Å². The third-order valence-electron chi connectivity index (χ3n) is 3.60. The van der Waals surface area contributed by atoms with E-state index in [-0.39, 0.29) is 11.9 Å². The third-order valence-corrected chi connectivity index (χ3v) is 7.35. The van der Waals surface area contributed by atoms with Gasteiger partial charge in [-0.2, -0.15) is 0 Å². The second-order valence-electron chi connectivity index (χ2n) is 5.30. The smallest absolute Gasteiger partial charge is 0.223 e. The molecular formula is C13H23NOSi. The van der Waals surface area contributed by atoms with Crippen molar-refractivity contribution >= 4 is 14.0 Å². The summed E-state index contributed by atoms with van der Waals surface area (Å²) < 4.78 is 0. The first-order valence-electron chi connectivity index (χ1n) is 5.99. The van der Waals surface area contributed by atoms with Crippen LogP contribution >= 0.6 is 0 Å². The van der Waals surface area contributed by atoms with Crippen LogP contribution in [0.5, 0.6) is 0 Å². The van der Waals surface area contributed by atoms with Crippen molar-refractivity contribution in [1.82, 2.24) is 4.90 Å². The number of allylic oxidation sites excluding steroid dienone is 2. The number of hydrogen-bond donors (Lipinski definition) is 0. The molecule has 0 spiro atoms. The van der Waals surface area contributed by atoms with Gasteiger partial charge in [0.05, 0.1) is 14.1 Å². The molecule has 0 aromatic heterocycles. The van der Waals surface area contributed by atoms with Crippen molar-refractivity contribution in [3.05, 3.63) is 23.0 Å². The van der Waals surface area contributed by atoms with Gasteiger partial charge in [0.15, 0.2) is 0 Å². The van der Waals surface area contributed by atoms with Gasteiger partial charge in [-0.1, -0.05) is 37.7 Å². The summed E-state index contributed by atoms with van der Waals surface area (Å²) in [6.07, 6.45) is 4.30. The Kier molecular flexibility index (Phi) is 3.78. The topological polar surface area (TPSA) is 20.3 Å². The van der Waals surface area contributed by atoms with Gasteiger partial charge in [-0.25, -0.2) is 0 Å². The van der Waals surface area contributed by atoms with Gasteiger partial charge >= 0.3 is 0 Å². The second kappa shape index (κ2) is 4.58. The van der Waals surface area contributed by atoms with E-state index in [0.29, 0.717) is 0 Å². The Balaban J connectivity index is 3.13. The number of nitrogens with zero attached hydrogens (tertiary/aromatic N) is 1. The summed E-state index contributed by atoms with van der Waals surface area (Å²) in [4.78, 5) is 13.4. The zero-order valence-electron chi connectivity index (χ0n) is 11.3. The van der Waals surface area contributed by atoms with E-state index in [4.69, 9.17) is 0 Å². The van der Waals surface area contributed by atoms with Crippen molar-refractivity contribution in [1.29, 1.82) is 0 Å². The Morgan fingerprint density at radius 3 is 2.50 bits per heavy atom. The van der Waals surface area contributed by atoms with Crippen LogP contribution in [0.2, 0.25) is 19.1 Å². The van der Waals surface area contributed by atoms with E-state index < -0.39 is 8.07 Å². The average Bonchev–Trinajstić information content (AvgIpc) is 2.16. The van der Waals surface area contributed by atoms with Gasteiger partial charge in [0.1, 0.15) is 0 Å². The van der Waals surface area contributed by atoms with E-state index in [1.165, 1.54) is 16.8 Å². The molecular weight excluding hydrogens is 214 g/mol. The number of amides is 1. The summed E-state index contributed by atoms with van der Waals surface area (Å²) in [5.41, 5.74) is 1.36. The first-order chi connectivity index (χ1) is 7.29. The molecule has 1 aliphatic heterocycles. The fraction of sp³-hybridized carbons (Fsp3) is 0.615. The molecule has 0 N–H and O–H groups in total. The zero-order valence-corrected chi connectivity index (χ0v) is 12.3. The molecule has 3 heteroatoms. The molecule has 0 saturated heterocycles. The minimum Gasteiger partial charge on any atom is -0.313 e. The van der Waals surface area contributed by atoms with Gasteiger partial charge in [-0.3, -0.25) is 4.79 Å². The van der Waals surface area contributed by atoms with E-state index in [1.807, 2.05) is 4.90 Å². The minimum atomic E-state index is -1.36. The fourth-order valence-corrected chi connectivity index (χ4v) is 4.19. The summed E-state index contributed by atoms with van der Waals surface area (Å²) in [5, 5.41) is 1.42. The molecule has 0 radical (unpaired) electrons. The van der Waals surface area contributed by atoms with E-state index in [2.05, 4.69) is 46.1 Å². The maximum absolute atomic E-state index is 11.5. The largest absolute Gasteiger partial charge is 0.313 e. The van der Waals surface area contributed by atoms with Gasteiger partial charge in [-0.05, 0) is 19.0 Å². The molecule has 1 unspecified atom stereocenters. The third kappa shape index (κ3) is 2.46. The lowest BCUT2D eigenvalue weighted by molar-refractivity contribution is -0.127. The van der Waals surface area contributed by atoms with E-state index in [1.54, 1.807) is 6.92 Å². The standard InChI is InChI=1S/C13H23NOSi/c1-7-16(5,6)13-9-14(12(4)15)11(3)8-10(13)2/h8-9,11H,7H2,1-6H3. The monoisotopic (exact) mass is 237 g/mol. The maximum atomic E-state index is 11.5. The summed E-state index contributed by atoms with van der Waals surface area (Å²) in [5.74, 6) is 0.134. The molecule has 0 aliphatic carbocycles. The van der Waals surface area contributed by atoms with Crippen LogP contribution in [0.25, 0.3) is 0 Å². The second-order valence-corrected chi connectivity index (χ2v) is 10.3. The van der Waals surface area contributed by atoms with Gasteiger partial charge in [0, 0.05) is 13.1 Å². The Labute approximate surface area is 100 Å². The molecule has 1 atom stereocenters. The van der Waals surface area contributed by atoms with Gasteiger partial charge in [0.2, 0.25) is 5.91 Å². The van der Waals surface area contributed by atoms with E-state index in [9.17, 15) is 4.79 Å². The molecule has 0 bridgehead atoms. The first-order valence-corrected chi connectivity index (χ1v) is 9.20. The first kappa shape index (κ1) is 13.2. The van der Waals surface area contributed by atoms with Crippen LogP contribution in [0.4, 0.5) is 0 Å². The molecule has 1 aliphatic rings. The quantitative estimate of drug-likeness (QED) is 0.675. The van der Waals surface area contributed by atoms with Crippen LogP contribution in [0.15, 0.2) is 23.0 Å². The zero-order chi connectivity index (χ0) is 12.5. The number of hydrogen-bond acceptors (Lipinski definition) is 1. The highest BCUT2D eigenvalue weighted by atomic mass is 28.3. The Bertz CT molecular complexity index is 355. The van der Waals surface area contributed by atoms with Crippen LogP contribution in [-0.2, 0) is 4.79 Å². The molecule has 0 fully saturated rings.